The number of aromatic nitrogens is 3. The van der Waals surface area contributed by atoms with Gasteiger partial charge in [-0.25, -0.2) is 5.10 Å². The van der Waals surface area contributed by atoms with Crippen molar-refractivity contribution in [3.63, 3.8) is 0 Å². The molecule has 9 heteroatoms. The van der Waals surface area contributed by atoms with E-state index >= 15 is 0 Å². The first kappa shape index (κ1) is 20.1. The summed E-state index contributed by atoms with van der Waals surface area (Å²) < 4.78 is 8.34. The molecule has 0 amide bonds. The average Bonchev–Trinajstić information content (AvgIpc) is 2.86. The van der Waals surface area contributed by atoms with Crippen molar-refractivity contribution >= 4 is 24.0 Å². The van der Waals surface area contributed by atoms with Crippen molar-refractivity contribution < 1.29 is 32.6 Å². The van der Waals surface area contributed by atoms with Crippen molar-refractivity contribution in [1.82, 2.24) is 15.2 Å². The Morgan fingerprint density at radius 1 is 1.32 bits per heavy atom. The van der Waals surface area contributed by atoms with Crippen LogP contribution in [0.1, 0.15) is 13.0 Å². The molecule has 0 aliphatic heterocycles. The van der Waals surface area contributed by atoms with Gasteiger partial charge in [-0.3, -0.25) is 0 Å². The molecule has 0 aliphatic carbocycles. The number of nitrogens with one attached hydrogen (secondary N) is 1. The number of H-pyrrole nitrogens is 1. The van der Waals surface area contributed by atoms with Crippen LogP contribution in [0.15, 0.2) is 34.8 Å². The van der Waals surface area contributed by atoms with Crippen molar-refractivity contribution in [2.24, 2.45) is 10.2 Å². The van der Waals surface area contributed by atoms with Crippen molar-refractivity contribution in [2.45, 2.75) is 14.4 Å². The zero-order valence-corrected chi connectivity index (χ0v) is 12.6. The second-order valence-corrected chi connectivity index (χ2v) is 3.00. The van der Waals surface area contributed by atoms with Crippen LogP contribution in [0.5, 0.6) is 5.75 Å². The van der Waals surface area contributed by atoms with Crippen molar-refractivity contribution in [2.75, 3.05) is 0 Å². The molecule has 7 nitrogen and oxygen atoms in total. The Morgan fingerprint density at radius 2 is 2.00 bits per heavy atom. The first-order chi connectivity index (χ1) is 8.25. The van der Waals surface area contributed by atoms with Crippen LogP contribution in [0.4, 0.5) is 11.6 Å². The summed E-state index contributed by atoms with van der Waals surface area (Å²) >= 11 is 0.300. The molecule has 19 heavy (non-hydrogen) atoms. The molecule has 0 radical (unpaired) electrons. The fraction of sp³-hybridized carbons (Fsp3) is 0.200. The molecule has 0 spiro atoms. The Kier molecular flexibility index (Phi) is 11.2. The molecular formula is C10H14ClN5O2Zr. The number of nitrogens with zero attached hydrogens (tertiary/aromatic N) is 4. The van der Waals surface area contributed by atoms with Gasteiger partial charge in [-0.2, -0.15) is 10.1 Å². The van der Waals surface area contributed by atoms with Gasteiger partial charge in [0.15, 0.2) is 0 Å². The van der Waals surface area contributed by atoms with Crippen LogP contribution in [-0.4, -0.2) is 20.3 Å². The number of phenols is 1. The van der Waals surface area contributed by atoms with Gasteiger partial charge in [0.05, 0.1) is 0 Å². The Morgan fingerprint density at radius 3 is 2.58 bits per heavy atom. The van der Waals surface area contributed by atoms with E-state index in [9.17, 15) is 5.11 Å². The Bertz CT molecular complexity index is 507. The SMILES string of the molecule is C.Cc1ccc(O)c(N=Nc2ncn[nH]2)c1.Cl.[O]=[Zr]. The number of rotatable bonds is 2. The van der Waals surface area contributed by atoms with Crippen LogP contribution < -0.4 is 0 Å². The van der Waals surface area contributed by atoms with E-state index < -0.39 is 0 Å². The summed E-state index contributed by atoms with van der Waals surface area (Å²) in [7, 11) is 0. The van der Waals surface area contributed by atoms with Crippen LogP contribution in [0.3, 0.4) is 0 Å². The fourth-order valence-corrected chi connectivity index (χ4v) is 1.06. The Balaban J connectivity index is 0. The Hall–Kier alpha value is -1.27. The van der Waals surface area contributed by atoms with Crippen molar-refractivity contribution in [1.29, 1.82) is 0 Å². The number of aromatic amines is 1. The number of aromatic hydroxyl groups is 1. The third-order valence-corrected chi connectivity index (χ3v) is 1.79. The van der Waals surface area contributed by atoms with Crippen LogP contribution >= 0.6 is 12.4 Å². The predicted octanol–water partition coefficient (Wildman–Crippen LogP) is 3.17. The molecule has 102 valence electrons. The molecule has 2 rings (SSSR count). The normalized spacial score (nSPS) is 8.84. The maximum atomic E-state index is 9.46. The van der Waals surface area contributed by atoms with E-state index in [1.165, 1.54) is 6.33 Å². The number of aryl methyl sites for hydroxylation is 1. The number of azo groups is 1. The van der Waals surface area contributed by atoms with E-state index in [4.69, 9.17) is 2.81 Å². The molecular weight excluding hydrogens is 349 g/mol. The summed E-state index contributed by atoms with van der Waals surface area (Å²) in [6, 6.07) is 5.10. The van der Waals surface area contributed by atoms with Crippen LogP contribution in [0.25, 0.3) is 0 Å². The van der Waals surface area contributed by atoms with Crippen LogP contribution in [-0.2, 0) is 27.5 Å². The Labute approximate surface area is 132 Å². The second-order valence-electron chi connectivity index (χ2n) is 3.00. The maximum absolute atomic E-state index is 9.46. The molecule has 1 heterocycles. The molecule has 2 N–H and O–H groups in total. The third-order valence-electron chi connectivity index (χ3n) is 1.79. The van der Waals surface area contributed by atoms with Crippen LogP contribution in [0.2, 0.25) is 0 Å². The van der Waals surface area contributed by atoms with E-state index in [0.29, 0.717) is 36.4 Å². The molecule has 1 aromatic carbocycles. The van der Waals surface area contributed by atoms with Gasteiger partial charge >= 0.3 is 27.5 Å². The molecule has 0 saturated carbocycles. The summed E-state index contributed by atoms with van der Waals surface area (Å²) in [5, 5.41) is 23.2. The molecule has 0 aliphatic rings. The first-order valence-corrected chi connectivity index (χ1v) is 5.53. The summed E-state index contributed by atoms with van der Waals surface area (Å²) in [4.78, 5) is 3.77. The number of halogens is 1. The van der Waals surface area contributed by atoms with Gasteiger partial charge in [0, 0.05) is 0 Å². The monoisotopic (exact) mass is 361 g/mol. The van der Waals surface area contributed by atoms with E-state index in [1.807, 2.05) is 6.92 Å². The van der Waals surface area contributed by atoms with Gasteiger partial charge in [-0.05, 0) is 24.6 Å². The van der Waals surface area contributed by atoms with Gasteiger partial charge in [0.1, 0.15) is 17.8 Å². The summed E-state index contributed by atoms with van der Waals surface area (Å²) in [5.74, 6) is 0.389. The number of phenolic OH excluding ortho intramolecular Hbond substituents is 1. The number of hydrogen-bond donors (Lipinski definition) is 2. The van der Waals surface area contributed by atoms with Crippen molar-refractivity contribution in [3.8, 4) is 5.75 Å². The van der Waals surface area contributed by atoms with Gasteiger partial charge in [-0.15, -0.1) is 22.6 Å². The van der Waals surface area contributed by atoms with E-state index in [2.05, 4.69) is 25.4 Å². The molecule has 0 unspecified atom stereocenters. The third kappa shape index (κ3) is 6.45. The molecule has 0 fully saturated rings. The van der Waals surface area contributed by atoms with Crippen molar-refractivity contribution in [3.05, 3.63) is 30.1 Å². The summed E-state index contributed by atoms with van der Waals surface area (Å²) in [6.45, 7) is 1.91. The quantitative estimate of drug-likeness (QED) is 0.800. The molecule has 0 bridgehead atoms. The van der Waals surface area contributed by atoms with E-state index in [0.717, 1.165) is 5.56 Å². The van der Waals surface area contributed by atoms with Gasteiger partial charge < -0.3 is 5.11 Å². The molecule has 0 atom stereocenters. The van der Waals surface area contributed by atoms with Gasteiger partial charge in [0.25, 0.3) is 5.95 Å². The zero-order chi connectivity index (χ0) is 12.7. The minimum atomic E-state index is 0. The number of hydrogen-bond acceptors (Lipinski definition) is 6. The molecule has 1 aromatic heterocycles. The zero-order valence-electron chi connectivity index (χ0n) is 9.36. The molecule has 2 aromatic rings. The minimum absolute atomic E-state index is 0. The number of benzene rings is 1. The fourth-order valence-electron chi connectivity index (χ4n) is 1.06. The van der Waals surface area contributed by atoms with Crippen LogP contribution in [0, 0.1) is 6.92 Å². The van der Waals surface area contributed by atoms with Gasteiger partial charge in [0.2, 0.25) is 0 Å². The summed E-state index contributed by atoms with van der Waals surface area (Å²) in [6.07, 6.45) is 1.34. The second kappa shape index (κ2) is 10.6. The van der Waals surface area contributed by atoms with E-state index in [-0.39, 0.29) is 25.6 Å². The van der Waals surface area contributed by atoms with Gasteiger partial charge in [-0.1, -0.05) is 13.5 Å². The summed E-state index contributed by atoms with van der Waals surface area (Å²) in [5.41, 5.74) is 1.41. The first-order valence-electron chi connectivity index (χ1n) is 4.53. The van der Waals surface area contributed by atoms with E-state index in [1.54, 1.807) is 18.2 Å². The predicted molar refractivity (Wildman–Crippen MR) is 68.1 cm³/mol. The standard InChI is InChI=1S/C9H9N5O.CH4.ClH.O.Zr/c1-6-2-3-8(15)7(4-6)12-14-9-10-5-11-13-9;;;;/h2-5,15H,1H3,(H,10,11,13);1H4;1H;;. The topological polar surface area (TPSA) is 104 Å². The average molecular weight is 363 g/mol. The molecule has 0 saturated heterocycles.